The van der Waals surface area contributed by atoms with Crippen LogP contribution in [0.5, 0.6) is 0 Å². The lowest BCUT2D eigenvalue weighted by atomic mass is 10.0. The van der Waals surface area contributed by atoms with Crippen molar-refractivity contribution < 1.29 is 31.1 Å². The molecule has 0 atom stereocenters. The molecular formula is C28H32F6N4O. The standard InChI is InChI=1S/C28H32F6N4O/c29-27(30,31)21-4-3-5-24(18-21)37-12-14-38(15-13-37)26(39)20-16-22(28(32,33)34)19-25(17-20)36-10-6-23(7-11-36)35-8-1-2-9-35/h3-5,16-19,23H,1-2,6-15H2. The summed E-state index contributed by atoms with van der Waals surface area (Å²) >= 11 is 0. The number of nitrogens with zero attached hydrogens (tertiary/aromatic N) is 4. The van der Waals surface area contributed by atoms with E-state index in [0.29, 0.717) is 30.5 Å². The normalized spacial score (nSPS) is 20.1. The minimum absolute atomic E-state index is 0.0194. The van der Waals surface area contributed by atoms with E-state index in [1.54, 1.807) is 17.0 Å². The van der Waals surface area contributed by atoms with Gasteiger partial charge in [0.1, 0.15) is 0 Å². The van der Waals surface area contributed by atoms with Crippen molar-refractivity contribution in [1.82, 2.24) is 9.80 Å². The SMILES string of the molecule is O=C(c1cc(N2CCC(N3CCCC3)CC2)cc(C(F)(F)F)c1)N1CCN(c2cccc(C(F)(F)F)c2)CC1. The van der Waals surface area contributed by atoms with Gasteiger partial charge in [0, 0.05) is 62.2 Å². The summed E-state index contributed by atoms with van der Waals surface area (Å²) < 4.78 is 80.7. The number of anilines is 2. The van der Waals surface area contributed by atoms with E-state index in [2.05, 4.69) is 4.90 Å². The van der Waals surface area contributed by atoms with Gasteiger partial charge in [-0.3, -0.25) is 4.79 Å². The van der Waals surface area contributed by atoms with Crippen LogP contribution in [0.1, 0.15) is 47.2 Å². The molecule has 3 fully saturated rings. The first kappa shape index (κ1) is 27.6. The lowest BCUT2D eigenvalue weighted by molar-refractivity contribution is -0.138. The second-order valence-electron chi connectivity index (χ2n) is 10.6. The summed E-state index contributed by atoms with van der Waals surface area (Å²) in [4.78, 5) is 21.0. The largest absolute Gasteiger partial charge is 0.416 e. The third-order valence-electron chi connectivity index (χ3n) is 8.08. The lowest BCUT2D eigenvalue weighted by Gasteiger charge is -2.38. The summed E-state index contributed by atoms with van der Waals surface area (Å²) in [7, 11) is 0. The smallest absolute Gasteiger partial charge is 0.371 e. The highest BCUT2D eigenvalue weighted by Gasteiger charge is 2.35. The molecule has 11 heteroatoms. The van der Waals surface area contributed by atoms with Crippen molar-refractivity contribution in [1.29, 1.82) is 0 Å². The molecule has 0 spiro atoms. The molecule has 3 heterocycles. The Morgan fingerprint density at radius 2 is 1.26 bits per heavy atom. The van der Waals surface area contributed by atoms with Gasteiger partial charge in [0.2, 0.25) is 0 Å². The number of carbonyl (C=O) groups excluding carboxylic acids is 1. The van der Waals surface area contributed by atoms with Crippen LogP contribution in [0.15, 0.2) is 42.5 Å². The number of hydrogen-bond acceptors (Lipinski definition) is 4. The molecule has 2 aromatic rings. The first-order chi connectivity index (χ1) is 18.5. The Hall–Kier alpha value is -2.95. The monoisotopic (exact) mass is 554 g/mol. The van der Waals surface area contributed by atoms with Crippen LogP contribution in [-0.4, -0.2) is 74.1 Å². The Kier molecular flexibility index (Phi) is 7.72. The number of piperazine rings is 1. The van der Waals surface area contributed by atoms with E-state index in [9.17, 15) is 31.1 Å². The molecule has 0 aliphatic carbocycles. The van der Waals surface area contributed by atoms with Gasteiger partial charge >= 0.3 is 12.4 Å². The summed E-state index contributed by atoms with van der Waals surface area (Å²) in [6.07, 6.45) is -4.94. The predicted octanol–water partition coefficient (Wildman–Crippen LogP) is 5.75. The van der Waals surface area contributed by atoms with Crippen LogP contribution in [0.2, 0.25) is 0 Å². The maximum absolute atomic E-state index is 13.8. The van der Waals surface area contributed by atoms with Crippen LogP contribution in [0, 0.1) is 0 Å². The minimum Gasteiger partial charge on any atom is -0.371 e. The van der Waals surface area contributed by atoms with Crippen molar-refractivity contribution in [3.63, 3.8) is 0 Å². The average molecular weight is 555 g/mol. The predicted molar refractivity (Wildman–Crippen MR) is 137 cm³/mol. The fourth-order valence-electron chi connectivity index (χ4n) is 5.91. The van der Waals surface area contributed by atoms with E-state index in [-0.39, 0.29) is 31.7 Å². The molecule has 39 heavy (non-hydrogen) atoms. The third kappa shape index (κ3) is 6.28. The topological polar surface area (TPSA) is 30.0 Å². The van der Waals surface area contributed by atoms with Crippen LogP contribution >= 0.6 is 0 Å². The first-order valence-corrected chi connectivity index (χ1v) is 13.4. The number of amides is 1. The molecule has 0 unspecified atom stereocenters. The molecule has 0 radical (unpaired) electrons. The zero-order valence-corrected chi connectivity index (χ0v) is 21.6. The number of piperidine rings is 1. The van der Waals surface area contributed by atoms with E-state index in [4.69, 9.17) is 0 Å². The quantitative estimate of drug-likeness (QED) is 0.451. The first-order valence-electron chi connectivity index (χ1n) is 13.4. The van der Waals surface area contributed by atoms with Gasteiger partial charge in [-0.05, 0) is 75.2 Å². The number of benzene rings is 2. The number of rotatable bonds is 4. The van der Waals surface area contributed by atoms with Crippen molar-refractivity contribution in [3.8, 4) is 0 Å². The van der Waals surface area contributed by atoms with Gasteiger partial charge in [-0.1, -0.05) is 6.07 Å². The Balaban J connectivity index is 1.28. The van der Waals surface area contributed by atoms with Crippen LogP contribution in [0.4, 0.5) is 37.7 Å². The second kappa shape index (κ2) is 10.9. The average Bonchev–Trinajstić information content (AvgIpc) is 3.47. The van der Waals surface area contributed by atoms with Crippen LogP contribution in [0.25, 0.3) is 0 Å². The van der Waals surface area contributed by atoms with E-state index in [1.165, 1.54) is 23.8 Å². The molecule has 3 aliphatic rings. The number of alkyl halides is 6. The van der Waals surface area contributed by atoms with Crippen LogP contribution in [-0.2, 0) is 12.4 Å². The zero-order valence-electron chi connectivity index (χ0n) is 21.6. The van der Waals surface area contributed by atoms with Crippen molar-refractivity contribution in [3.05, 3.63) is 59.2 Å². The summed E-state index contributed by atoms with van der Waals surface area (Å²) in [6.45, 7) is 4.37. The fraction of sp³-hybridized carbons (Fsp3) is 0.536. The molecule has 5 nitrogen and oxygen atoms in total. The van der Waals surface area contributed by atoms with E-state index in [1.807, 2.05) is 4.90 Å². The van der Waals surface area contributed by atoms with Gasteiger partial charge in [0.25, 0.3) is 5.91 Å². The molecule has 2 aromatic carbocycles. The lowest BCUT2D eigenvalue weighted by Crippen LogP contribution is -2.49. The number of hydrogen-bond donors (Lipinski definition) is 0. The third-order valence-corrected chi connectivity index (χ3v) is 8.08. The van der Waals surface area contributed by atoms with Gasteiger partial charge in [0.15, 0.2) is 0 Å². The van der Waals surface area contributed by atoms with Crippen molar-refractivity contribution in [2.45, 2.75) is 44.1 Å². The minimum atomic E-state index is -4.60. The Labute approximate surface area is 224 Å². The molecule has 1 amide bonds. The van der Waals surface area contributed by atoms with Gasteiger partial charge < -0.3 is 19.6 Å². The summed E-state index contributed by atoms with van der Waals surface area (Å²) in [5.41, 5.74) is -0.827. The summed E-state index contributed by atoms with van der Waals surface area (Å²) in [5, 5.41) is 0. The molecule has 0 saturated carbocycles. The molecule has 3 saturated heterocycles. The fourth-order valence-corrected chi connectivity index (χ4v) is 5.91. The molecule has 212 valence electrons. The van der Waals surface area contributed by atoms with Crippen LogP contribution in [0.3, 0.4) is 0 Å². The van der Waals surface area contributed by atoms with E-state index in [0.717, 1.165) is 50.2 Å². The molecule has 5 rings (SSSR count). The Morgan fingerprint density at radius 1 is 0.667 bits per heavy atom. The Morgan fingerprint density at radius 3 is 1.87 bits per heavy atom. The second-order valence-corrected chi connectivity index (χ2v) is 10.6. The molecule has 3 aliphatic heterocycles. The van der Waals surface area contributed by atoms with E-state index >= 15 is 0 Å². The van der Waals surface area contributed by atoms with Gasteiger partial charge in [-0.15, -0.1) is 0 Å². The van der Waals surface area contributed by atoms with Crippen LogP contribution < -0.4 is 9.80 Å². The maximum Gasteiger partial charge on any atom is 0.416 e. The highest BCUT2D eigenvalue weighted by molar-refractivity contribution is 5.95. The molecule has 0 N–H and O–H groups in total. The van der Waals surface area contributed by atoms with Crippen molar-refractivity contribution in [2.24, 2.45) is 0 Å². The highest BCUT2D eigenvalue weighted by Crippen LogP contribution is 2.35. The number of carbonyl (C=O) groups is 1. The Bertz CT molecular complexity index is 1160. The number of halogens is 6. The summed E-state index contributed by atoms with van der Waals surface area (Å²) in [6, 6.07) is 9.02. The van der Waals surface area contributed by atoms with Crippen molar-refractivity contribution in [2.75, 3.05) is 62.2 Å². The highest BCUT2D eigenvalue weighted by atomic mass is 19.4. The van der Waals surface area contributed by atoms with Gasteiger partial charge in [0.05, 0.1) is 11.1 Å². The summed E-state index contributed by atoms with van der Waals surface area (Å²) in [5.74, 6) is -0.502. The molecular weight excluding hydrogens is 522 g/mol. The molecule has 0 aromatic heterocycles. The maximum atomic E-state index is 13.8. The van der Waals surface area contributed by atoms with Gasteiger partial charge in [-0.2, -0.15) is 26.3 Å². The van der Waals surface area contributed by atoms with E-state index < -0.39 is 29.4 Å². The zero-order chi connectivity index (χ0) is 27.8. The van der Waals surface area contributed by atoms with Crippen molar-refractivity contribution >= 4 is 17.3 Å². The molecule has 0 bridgehead atoms. The van der Waals surface area contributed by atoms with Gasteiger partial charge in [-0.25, -0.2) is 0 Å². The number of likely N-dealkylation sites (tertiary alicyclic amines) is 1.